The molecule has 0 amide bonds. The highest BCUT2D eigenvalue weighted by molar-refractivity contribution is 5.83. The van der Waals surface area contributed by atoms with Crippen LogP contribution in [0.1, 0.15) is 41.5 Å². The molecule has 0 radical (unpaired) electrons. The summed E-state index contributed by atoms with van der Waals surface area (Å²) in [7, 11) is 2.01. The molecule has 0 unspecified atom stereocenters. The van der Waals surface area contributed by atoms with Crippen molar-refractivity contribution < 1.29 is 9.90 Å². The molecule has 0 saturated heterocycles. The maximum absolute atomic E-state index is 9.70. The molecule has 2 aromatic carbocycles. The zero-order valence-corrected chi connectivity index (χ0v) is 16.1. The van der Waals surface area contributed by atoms with Crippen LogP contribution in [0.3, 0.4) is 0 Å². The first-order chi connectivity index (χ1) is 13.2. The Labute approximate surface area is 162 Å². The van der Waals surface area contributed by atoms with Crippen LogP contribution in [0.25, 0.3) is 5.57 Å². The van der Waals surface area contributed by atoms with E-state index in [-0.39, 0.29) is 6.42 Å². The number of hydrogen-bond donors (Lipinski definition) is 3. The van der Waals surface area contributed by atoms with Gasteiger partial charge in [-0.05, 0) is 73.6 Å². The van der Waals surface area contributed by atoms with Gasteiger partial charge >= 0.3 is 5.97 Å². The molecule has 0 spiro atoms. The normalized spacial score (nSPS) is 12.1. The van der Waals surface area contributed by atoms with Gasteiger partial charge in [0.05, 0.1) is 0 Å². The van der Waals surface area contributed by atoms with E-state index in [2.05, 4.69) is 59.9 Å². The first-order valence-corrected chi connectivity index (χ1v) is 9.60. The fraction of sp³-hybridized carbons (Fsp3) is 0.348. The maximum Gasteiger partial charge on any atom is 0.303 e. The molecule has 27 heavy (non-hydrogen) atoms. The van der Waals surface area contributed by atoms with E-state index in [9.17, 15) is 4.79 Å². The summed E-state index contributed by atoms with van der Waals surface area (Å²) in [6.45, 7) is 1.49. The summed E-state index contributed by atoms with van der Waals surface area (Å²) in [6, 6.07) is 17.7. The van der Waals surface area contributed by atoms with Crippen LogP contribution in [0, 0.1) is 0 Å². The Morgan fingerprint density at radius 2 is 1.63 bits per heavy atom. The Balaban J connectivity index is 0.000000321. The lowest BCUT2D eigenvalue weighted by atomic mass is 9.93. The standard InChI is InChI=1S/C19H21N.C4H9NO2/c1-20-14-6-11-19-17-9-4-2-7-15(17)12-13-16-8-3-5-10-18(16)19;5-3-1-2-4(6)7/h2-5,7-11,20H,6,12-14H2,1H3;1-3,5H2,(H,6,7). The summed E-state index contributed by atoms with van der Waals surface area (Å²) >= 11 is 0. The van der Waals surface area contributed by atoms with Crippen molar-refractivity contribution in [2.75, 3.05) is 20.1 Å². The number of nitrogens with two attached hydrogens (primary N) is 1. The molecule has 4 heteroatoms. The molecule has 0 aliphatic heterocycles. The topological polar surface area (TPSA) is 75.3 Å². The van der Waals surface area contributed by atoms with Gasteiger partial charge in [-0.3, -0.25) is 4.79 Å². The predicted octanol–water partition coefficient (Wildman–Crippen LogP) is 3.64. The largest absolute Gasteiger partial charge is 0.481 e. The van der Waals surface area contributed by atoms with Gasteiger partial charge in [-0.25, -0.2) is 0 Å². The second-order valence-corrected chi connectivity index (χ2v) is 6.61. The number of aliphatic carboxylic acids is 1. The molecule has 2 aromatic rings. The average Bonchev–Trinajstić information content (AvgIpc) is 2.84. The van der Waals surface area contributed by atoms with Gasteiger partial charge in [0.15, 0.2) is 0 Å². The fourth-order valence-electron chi connectivity index (χ4n) is 3.25. The highest BCUT2D eigenvalue weighted by atomic mass is 16.4. The number of carbonyl (C=O) groups is 1. The predicted molar refractivity (Wildman–Crippen MR) is 112 cm³/mol. The van der Waals surface area contributed by atoms with Crippen molar-refractivity contribution >= 4 is 11.5 Å². The monoisotopic (exact) mass is 366 g/mol. The Morgan fingerprint density at radius 3 is 2.07 bits per heavy atom. The number of carboxylic acid groups (broad SMARTS) is 1. The van der Waals surface area contributed by atoms with Gasteiger partial charge in [-0.2, -0.15) is 0 Å². The second-order valence-electron chi connectivity index (χ2n) is 6.61. The lowest BCUT2D eigenvalue weighted by Gasteiger charge is -2.12. The lowest BCUT2D eigenvalue weighted by Crippen LogP contribution is -2.06. The van der Waals surface area contributed by atoms with Gasteiger partial charge in [0.2, 0.25) is 0 Å². The molecule has 4 nitrogen and oxygen atoms in total. The number of aryl methyl sites for hydroxylation is 2. The molecular formula is C23H30N2O2. The van der Waals surface area contributed by atoms with E-state index < -0.39 is 5.97 Å². The van der Waals surface area contributed by atoms with E-state index in [1.165, 1.54) is 27.8 Å². The van der Waals surface area contributed by atoms with Crippen molar-refractivity contribution in [2.45, 2.75) is 32.1 Å². The van der Waals surface area contributed by atoms with E-state index in [0.29, 0.717) is 13.0 Å². The molecule has 4 N–H and O–H groups in total. The number of hydrogen-bond acceptors (Lipinski definition) is 3. The molecule has 0 fully saturated rings. The van der Waals surface area contributed by atoms with E-state index in [4.69, 9.17) is 10.8 Å². The Kier molecular flexibility index (Phi) is 8.75. The molecule has 144 valence electrons. The Morgan fingerprint density at radius 1 is 1.07 bits per heavy atom. The quantitative estimate of drug-likeness (QED) is 0.682. The summed E-state index contributed by atoms with van der Waals surface area (Å²) < 4.78 is 0. The smallest absolute Gasteiger partial charge is 0.303 e. The van der Waals surface area contributed by atoms with Crippen LogP contribution in [-0.2, 0) is 17.6 Å². The van der Waals surface area contributed by atoms with Crippen molar-refractivity contribution in [3.05, 3.63) is 76.9 Å². The minimum atomic E-state index is -0.773. The van der Waals surface area contributed by atoms with Gasteiger partial charge in [-0.15, -0.1) is 0 Å². The molecule has 0 saturated carbocycles. The lowest BCUT2D eigenvalue weighted by molar-refractivity contribution is -0.137. The van der Waals surface area contributed by atoms with Gasteiger partial charge in [0, 0.05) is 6.42 Å². The van der Waals surface area contributed by atoms with E-state index in [0.717, 1.165) is 25.8 Å². The van der Waals surface area contributed by atoms with E-state index in [1.54, 1.807) is 0 Å². The summed E-state index contributed by atoms with van der Waals surface area (Å²) in [5, 5.41) is 11.2. The highest BCUT2D eigenvalue weighted by Gasteiger charge is 2.16. The van der Waals surface area contributed by atoms with Crippen molar-refractivity contribution in [3.8, 4) is 0 Å². The summed E-state index contributed by atoms with van der Waals surface area (Å²) in [5.74, 6) is -0.773. The third-order valence-corrected chi connectivity index (χ3v) is 4.62. The van der Waals surface area contributed by atoms with Crippen LogP contribution in [-0.4, -0.2) is 31.2 Å². The fourth-order valence-corrected chi connectivity index (χ4v) is 3.25. The molecule has 0 atom stereocenters. The molecule has 0 aromatic heterocycles. The molecule has 1 aliphatic rings. The second kappa shape index (κ2) is 11.3. The molecular weight excluding hydrogens is 336 g/mol. The third kappa shape index (κ3) is 6.35. The summed E-state index contributed by atoms with van der Waals surface area (Å²) in [4.78, 5) is 9.70. The average molecular weight is 367 g/mol. The zero-order chi connectivity index (χ0) is 19.5. The van der Waals surface area contributed by atoms with Crippen LogP contribution in [0.2, 0.25) is 0 Å². The van der Waals surface area contributed by atoms with Crippen LogP contribution in [0.5, 0.6) is 0 Å². The number of benzene rings is 2. The number of nitrogens with one attached hydrogen (secondary N) is 1. The Hall–Kier alpha value is -2.43. The van der Waals surface area contributed by atoms with E-state index >= 15 is 0 Å². The minimum Gasteiger partial charge on any atom is -0.481 e. The van der Waals surface area contributed by atoms with Gasteiger partial charge < -0.3 is 16.2 Å². The molecule has 1 aliphatic carbocycles. The van der Waals surface area contributed by atoms with Crippen LogP contribution >= 0.6 is 0 Å². The number of rotatable bonds is 6. The summed E-state index contributed by atoms with van der Waals surface area (Å²) in [5.41, 5.74) is 12.2. The van der Waals surface area contributed by atoms with Crippen molar-refractivity contribution in [1.82, 2.24) is 5.32 Å². The maximum atomic E-state index is 9.70. The van der Waals surface area contributed by atoms with Crippen LogP contribution < -0.4 is 11.1 Å². The van der Waals surface area contributed by atoms with E-state index in [1.807, 2.05) is 7.05 Å². The van der Waals surface area contributed by atoms with Gasteiger partial charge in [0.25, 0.3) is 0 Å². The first kappa shape index (κ1) is 20.9. The van der Waals surface area contributed by atoms with Crippen LogP contribution in [0.15, 0.2) is 54.6 Å². The van der Waals surface area contributed by atoms with Gasteiger partial charge in [-0.1, -0.05) is 54.6 Å². The Bertz CT molecular complexity index is 719. The molecule has 0 heterocycles. The zero-order valence-electron chi connectivity index (χ0n) is 16.1. The summed E-state index contributed by atoms with van der Waals surface area (Å²) in [6.07, 6.45) is 6.49. The third-order valence-electron chi connectivity index (χ3n) is 4.62. The first-order valence-electron chi connectivity index (χ1n) is 9.60. The van der Waals surface area contributed by atoms with Crippen molar-refractivity contribution in [1.29, 1.82) is 0 Å². The van der Waals surface area contributed by atoms with Crippen molar-refractivity contribution in [3.63, 3.8) is 0 Å². The minimum absolute atomic E-state index is 0.191. The molecule has 0 bridgehead atoms. The van der Waals surface area contributed by atoms with Crippen molar-refractivity contribution in [2.24, 2.45) is 5.73 Å². The SMILES string of the molecule is CNCCC=C1c2ccccc2CCc2ccccc21.NCCCC(=O)O. The van der Waals surface area contributed by atoms with Crippen LogP contribution in [0.4, 0.5) is 0 Å². The number of carboxylic acids is 1. The number of fused-ring (bicyclic) bond motifs is 2. The molecule has 3 rings (SSSR count). The highest BCUT2D eigenvalue weighted by Crippen LogP contribution is 2.33. The van der Waals surface area contributed by atoms with Gasteiger partial charge in [0.1, 0.15) is 0 Å².